The van der Waals surface area contributed by atoms with Crippen LogP contribution in [0.25, 0.3) is 0 Å². The number of carbonyl (C=O) groups is 1. The summed E-state index contributed by atoms with van der Waals surface area (Å²) in [6.45, 7) is 0.746. The van der Waals surface area contributed by atoms with Gasteiger partial charge in [0.1, 0.15) is 0 Å². The summed E-state index contributed by atoms with van der Waals surface area (Å²) in [6.07, 6.45) is 6.57. The van der Waals surface area contributed by atoms with Gasteiger partial charge in [-0.1, -0.05) is 6.42 Å². The fourth-order valence-electron chi connectivity index (χ4n) is 2.26. The lowest BCUT2D eigenvalue weighted by molar-refractivity contribution is -0.129. The molecule has 0 bridgehead atoms. The summed E-state index contributed by atoms with van der Waals surface area (Å²) in [5.74, 6) is 0.146. The first-order chi connectivity index (χ1) is 7.30. The van der Waals surface area contributed by atoms with E-state index < -0.39 is 0 Å². The van der Waals surface area contributed by atoms with Gasteiger partial charge in [0.05, 0.1) is 23.0 Å². The second-order valence-electron chi connectivity index (χ2n) is 4.36. The molecule has 2 N–H and O–H groups in total. The number of pyridine rings is 1. The van der Waals surface area contributed by atoms with Crippen LogP contribution in [0.15, 0.2) is 18.5 Å². The number of amides is 1. The number of anilines is 2. The minimum atomic E-state index is -0.168. The zero-order valence-electron chi connectivity index (χ0n) is 8.42. The molecular weight excluding hydrogens is 190 g/mol. The van der Waals surface area contributed by atoms with Crippen molar-refractivity contribution in [1.29, 1.82) is 0 Å². The molecule has 1 saturated carbocycles. The lowest BCUT2D eigenvalue weighted by atomic mass is 9.68. The van der Waals surface area contributed by atoms with E-state index >= 15 is 0 Å². The number of fused-ring (bicyclic) bond motifs is 1. The highest BCUT2D eigenvalue weighted by molar-refractivity contribution is 6.00. The Balaban J connectivity index is 1.96. The summed E-state index contributed by atoms with van der Waals surface area (Å²) in [5, 5.41) is 6.28. The highest BCUT2D eigenvalue weighted by Gasteiger charge is 2.45. The number of carbonyl (C=O) groups excluding carboxylic acids is 1. The topological polar surface area (TPSA) is 54.0 Å². The zero-order valence-corrected chi connectivity index (χ0v) is 8.42. The van der Waals surface area contributed by atoms with E-state index in [4.69, 9.17) is 0 Å². The summed E-state index contributed by atoms with van der Waals surface area (Å²) < 4.78 is 0. The molecule has 4 heteroatoms. The van der Waals surface area contributed by atoms with Crippen molar-refractivity contribution in [3.05, 3.63) is 18.5 Å². The van der Waals surface area contributed by atoms with E-state index in [9.17, 15) is 4.79 Å². The summed E-state index contributed by atoms with van der Waals surface area (Å²) in [6, 6.07) is 1.90. The maximum Gasteiger partial charge on any atom is 0.232 e. The van der Waals surface area contributed by atoms with Gasteiger partial charge in [-0.05, 0) is 18.9 Å². The molecule has 0 aromatic carbocycles. The summed E-state index contributed by atoms with van der Waals surface area (Å²) >= 11 is 0. The van der Waals surface area contributed by atoms with Gasteiger partial charge in [0.2, 0.25) is 5.91 Å². The van der Waals surface area contributed by atoms with Crippen LogP contribution in [0.3, 0.4) is 0 Å². The number of rotatable bonds is 0. The first-order valence-corrected chi connectivity index (χ1v) is 5.30. The van der Waals surface area contributed by atoms with E-state index in [1.54, 1.807) is 12.4 Å². The molecule has 2 aliphatic rings. The van der Waals surface area contributed by atoms with Crippen LogP contribution in [-0.4, -0.2) is 17.4 Å². The molecule has 1 spiro atoms. The highest BCUT2D eigenvalue weighted by atomic mass is 16.2. The Labute approximate surface area is 88.1 Å². The number of hydrogen-bond acceptors (Lipinski definition) is 3. The fraction of sp³-hybridized carbons (Fsp3) is 0.455. The highest BCUT2D eigenvalue weighted by Crippen LogP contribution is 2.44. The molecule has 3 rings (SSSR count). The van der Waals surface area contributed by atoms with Crippen LogP contribution in [0.2, 0.25) is 0 Å². The summed E-state index contributed by atoms with van der Waals surface area (Å²) in [4.78, 5) is 16.0. The van der Waals surface area contributed by atoms with E-state index in [1.807, 2.05) is 6.07 Å². The molecule has 4 nitrogen and oxygen atoms in total. The lowest BCUT2D eigenvalue weighted by Gasteiger charge is -2.38. The summed E-state index contributed by atoms with van der Waals surface area (Å²) in [5.41, 5.74) is 1.60. The first-order valence-electron chi connectivity index (χ1n) is 5.30. The Bertz CT molecular complexity index is 412. The fourth-order valence-corrected chi connectivity index (χ4v) is 2.26. The quantitative estimate of drug-likeness (QED) is 0.673. The number of nitrogens with zero attached hydrogens (tertiary/aromatic N) is 1. The molecule has 0 atom stereocenters. The second kappa shape index (κ2) is 2.95. The first kappa shape index (κ1) is 8.71. The predicted octanol–water partition coefficient (Wildman–Crippen LogP) is 1.62. The van der Waals surface area contributed by atoms with Crippen molar-refractivity contribution in [2.75, 3.05) is 17.2 Å². The van der Waals surface area contributed by atoms with Crippen molar-refractivity contribution in [1.82, 2.24) is 4.98 Å². The van der Waals surface area contributed by atoms with Gasteiger partial charge in [-0.2, -0.15) is 0 Å². The SMILES string of the molecule is O=C1Nc2cnccc2NCC12CCC2. The van der Waals surface area contributed by atoms with E-state index in [0.29, 0.717) is 0 Å². The second-order valence-corrected chi connectivity index (χ2v) is 4.36. The summed E-state index contributed by atoms with van der Waals surface area (Å²) in [7, 11) is 0. The molecule has 15 heavy (non-hydrogen) atoms. The minimum Gasteiger partial charge on any atom is -0.382 e. The zero-order chi connectivity index (χ0) is 10.3. The van der Waals surface area contributed by atoms with E-state index in [0.717, 1.165) is 37.2 Å². The maximum atomic E-state index is 12.0. The van der Waals surface area contributed by atoms with Gasteiger partial charge >= 0.3 is 0 Å². The van der Waals surface area contributed by atoms with Gasteiger partial charge in [0.15, 0.2) is 0 Å². The molecule has 1 amide bonds. The maximum absolute atomic E-state index is 12.0. The average Bonchev–Trinajstić information content (AvgIpc) is 2.32. The molecule has 2 heterocycles. The Hall–Kier alpha value is -1.58. The number of nitrogens with one attached hydrogen (secondary N) is 2. The van der Waals surface area contributed by atoms with Gasteiger partial charge in [-0.25, -0.2) is 0 Å². The van der Waals surface area contributed by atoms with Crippen molar-refractivity contribution < 1.29 is 4.79 Å². The standard InChI is InChI=1S/C11H13N3O/c15-10-11(3-1-4-11)7-13-8-2-5-12-6-9(8)14-10/h2,5-6,13H,1,3-4,7H2,(H,14,15). The smallest absolute Gasteiger partial charge is 0.232 e. The molecule has 0 saturated heterocycles. The number of hydrogen-bond donors (Lipinski definition) is 2. The Morgan fingerprint density at radius 3 is 2.93 bits per heavy atom. The third kappa shape index (κ3) is 1.21. The third-order valence-corrected chi connectivity index (χ3v) is 3.48. The monoisotopic (exact) mass is 203 g/mol. The Morgan fingerprint density at radius 1 is 1.33 bits per heavy atom. The van der Waals surface area contributed by atoms with Crippen molar-refractivity contribution in [3.8, 4) is 0 Å². The van der Waals surface area contributed by atoms with E-state index in [1.165, 1.54) is 0 Å². The Kier molecular flexibility index (Phi) is 1.71. The van der Waals surface area contributed by atoms with Crippen LogP contribution >= 0.6 is 0 Å². The van der Waals surface area contributed by atoms with Gasteiger partial charge in [0.25, 0.3) is 0 Å². The van der Waals surface area contributed by atoms with Crippen molar-refractivity contribution >= 4 is 17.3 Å². The van der Waals surface area contributed by atoms with Crippen LogP contribution in [-0.2, 0) is 4.79 Å². The van der Waals surface area contributed by atoms with Crippen molar-refractivity contribution in [2.45, 2.75) is 19.3 Å². The third-order valence-electron chi connectivity index (χ3n) is 3.48. The van der Waals surface area contributed by atoms with Crippen LogP contribution in [0.1, 0.15) is 19.3 Å². The molecule has 0 radical (unpaired) electrons. The molecule has 1 aromatic heterocycles. The molecule has 1 aliphatic carbocycles. The molecule has 1 fully saturated rings. The van der Waals surface area contributed by atoms with Gasteiger partial charge in [-0.3, -0.25) is 9.78 Å². The molecular formula is C11H13N3O. The Morgan fingerprint density at radius 2 is 2.20 bits per heavy atom. The lowest BCUT2D eigenvalue weighted by Crippen LogP contribution is -2.45. The predicted molar refractivity (Wildman–Crippen MR) is 57.6 cm³/mol. The van der Waals surface area contributed by atoms with Crippen LogP contribution < -0.4 is 10.6 Å². The molecule has 1 aromatic rings. The van der Waals surface area contributed by atoms with Crippen LogP contribution in [0, 0.1) is 5.41 Å². The number of aromatic nitrogens is 1. The normalized spacial score (nSPS) is 22.0. The molecule has 0 unspecified atom stereocenters. The molecule has 1 aliphatic heterocycles. The molecule has 78 valence electrons. The largest absolute Gasteiger partial charge is 0.382 e. The van der Waals surface area contributed by atoms with Gasteiger partial charge in [-0.15, -0.1) is 0 Å². The average molecular weight is 203 g/mol. The van der Waals surface area contributed by atoms with Gasteiger partial charge < -0.3 is 10.6 Å². The van der Waals surface area contributed by atoms with Crippen molar-refractivity contribution in [2.24, 2.45) is 5.41 Å². The van der Waals surface area contributed by atoms with E-state index in [2.05, 4.69) is 15.6 Å². The minimum absolute atomic E-state index is 0.146. The van der Waals surface area contributed by atoms with Gasteiger partial charge in [0, 0.05) is 12.7 Å². The van der Waals surface area contributed by atoms with Crippen LogP contribution in [0.5, 0.6) is 0 Å². The van der Waals surface area contributed by atoms with Crippen LogP contribution in [0.4, 0.5) is 11.4 Å². The van der Waals surface area contributed by atoms with Crippen molar-refractivity contribution in [3.63, 3.8) is 0 Å². The van der Waals surface area contributed by atoms with E-state index in [-0.39, 0.29) is 11.3 Å².